The van der Waals surface area contributed by atoms with E-state index in [1.807, 2.05) is 18.2 Å². The molecule has 166 valence electrons. The molecule has 0 saturated heterocycles. The smallest absolute Gasteiger partial charge is 0.374 e. The van der Waals surface area contributed by atoms with Crippen LogP contribution in [0.2, 0.25) is 0 Å². The molecule has 32 heavy (non-hydrogen) atoms. The van der Waals surface area contributed by atoms with Gasteiger partial charge in [0.25, 0.3) is 5.91 Å². The largest absolute Gasteiger partial charge is 0.486 e. The zero-order valence-corrected chi connectivity index (χ0v) is 17.6. The standard InChI is InChI=1S/C24H23NO7/c1-2-29-23(27)15-25(18-9-5-3-6-10-18)22(26)17-31-24(28)21-14-13-20(32-21)16-30-19-11-7-4-8-12-19/h3-14H,2,15-17H2,1H3. The highest BCUT2D eigenvalue weighted by atomic mass is 16.6. The fourth-order valence-corrected chi connectivity index (χ4v) is 2.78. The molecule has 0 radical (unpaired) electrons. The third-order valence-corrected chi connectivity index (χ3v) is 4.28. The number of benzene rings is 2. The maximum absolute atomic E-state index is 12.7. The lowest BCUT2D eigenvalue weighted by Gasteiger charge is -2.21. The Labute approximate surface area is 185 Å². The summed E-state index contributed by atoms with van der Waals surface area (Å²) < 4.78 is 21.0. The first-order chi connectivity index (χ1) is 15.6. The van der Waals surface area contributed by atoms with Gasteiger partial charge in [0.2, 0.25) is 5.76 Å². The summed E-state index contributed by atoms with van der Waals surface area (Å²) in [5.41, 5.74) is 0.486. The molecule has 8 heteroatoms. The maximum atomic E-state index is 12.7. The summed E-state index contributed by atoms with van der Waals surface area (Å²) in [7, 11) is 0. The normalized spacial score (nSPS) is 10.3. The number of anilines is 1. The van der Waals surface area contributed by atoms with Crippen LogP contribution in [0.25, 0.3) is 0 Å². The SMILES string of the molecule is CCOC(=O)CN(C(=O)COC(=O)c1ccc(COc2ccccc2)o1)c1ccccc1. The minimum atomic E-state index is -0.798. The number of amides is 1. The molecule has 1 amide bonds. The van der Waals surface area contributed by atoms with Crippen molar-refractivity contribution in [2.45, 2.75) is 13.5 Å². The molecule has 0 N–H and O–H groups in total. The highest BCUT2D eigenvalue weighted by Gasteiger charge is 2.22. The number of esters is 2. The molecule has 0 saturated carbocycles. The van der Waals surface area contributed by atoms with E-state index in [2.05, 4.69) is 0 Å². The summed E-state index contributed by atoms with van der Waals surface area (Å²) in [4.78, 5) is 38.1. The van der Waals surface area contributed by atoms with E-state index in [4.69, 9.17) is 18.6 Å². The first-order valence-electron chi connectivity index (χ1n) is 10.0. The van der Waals surface area contributed by atoms with Gasteiger partial charge in [0, 0.05) is 5.69 Å². The molecule has 0 atom stereocenters. The third kappa shape index (κ3) is 6.46. The molecule has 3 aromatic rings. The van der Waals surface area contributed by atoms with E-state index in [-0.39, 0.29) is 25.5 Å². The Kier molecular flexibility index (Phi) is 8.02. The van der Waals surface area contributed by atoms with Crippen LogP contribution >= 0.6 is 0 Å². The Morgan fingerprint density at radius 1 is 0.875 bits per heavy atom. The van der Waals surface area contributed by atoms with Gasteiger partial charge < -0.3 is 18.6 Å². The lowest BCUT2D eigenvalue weighted by molar-refractivity contribution is -0.142. The third-order valence-electron chi connectivity index (χ3n) is 4.28. The quantitative estimate of drug-likeness (QED) is 0.447. The molecule has 2 aromatic carbocycles. The van der Waals surface area contributed by atoms with E-state index in [1.165, 1.54) is 11.0 Å². The van der Waals surface area contributed by atoms with Gasteiger partial charge in [-0.3, -0.25) is 14.5 Å². The van der Waals surface area contributed by atoms with Gasteiger partial charge in [-0.25, -0.2) is 4.79 Å². The van der Waals surface area contributed by atoms with Crippen molar-refractivity contribution in [1.29, 1.82) is 0 Å². The molecule has 0 aliphatic carbocycles. The molecule has 0 fully saturated rings. The maximum Gasteiger partial charge on any atom is 0.374 e. The van der Waals surface area contributed by atoms with Crippen molar-refractivity contribution >= 4 is 23.5 Å². The monoisotopic (exact) mass is 437 g/mol. The molecule has 0 aliphatic heterocycles. The number of para-hydroxylation sites is 2. The lowest BCUT2D eigenvalue weighted by Crippen LogP contribution is -2.39. The molecule has 0 bridgehead atoms. The average Bonchev–Trinajstić information content (AvgIpc) is 3.30. The molecule has 1 aromatic heterocycles. The van der Waals surface area contributed by atoms with E-state index in [0.29, 0.717) is 17.2 Å². The van der Waals surface area contributed by atoms with Crippen LogP contribution in [0.1, 0.15) is 23.2 Å². The number of nitrogens with zero attached hydrogens (tertiary/aromatic N) is 1. The van der Waals surface area contributed by atoms with Crippen LogP contribution in [0.4, 0.5) is 5.69 Å². The van der Waals surface area contributed by atoms with Crippen molar-refractivity contribution < 1.29 is 33.0 Å². The van der Waals surface area contributed by atoms with Crippen LogP contribution in [-0.2, 0) is 25.7 Å². The summed E-state index contributed by atoms with van der Waals surface area (Å²) in [6.07, 6.45) is 0. The molecule has 0 unspecified atom stereocenters. The number of carbonyl (C=O) groups is 3. The van der Waals surface area contributed by atoms with Gasteiger partial charge >= 0.3 is 11.9 Å². The van der Waals surface area contributed by atoms with Gasteiger partial charge in [-0.1, -0.05) is 36.4 Å². The van der Waals surface area contributed by atoms with Gasteiger partial charge in [0.05, 0.1) is 6.61 Å². The Bertz CT molecular complexity index is 1030. The fourth-order valence-electron chi connectivity index (χ4n) is 2.78. The van der Waals surface area contributed by atoms with Gasteiger partial charge in [-0.2, -0.15) is 0 Å². The van der Waals surface area contributed by atoms with Crippen molar-refractivity contribution in [3.8, 4) is 5.75 Å². The molecule has 0 aliphatic rings. The fraction of sp³-hybridized carbons (Fsp3) is 0.208. The summed E-state index contributed by atoms with van der Waals surface area (Å²) in [6.45, 7) is 1.15. The Balaban J connectivity index is 1.57. The van der Waals surface area contributed by atoms with Crippen molar-refractivity contribution in [3.05, 3.63) is 84.3 Å². The number of ether oxygens (including phenoxy) is 3. The second-order valence-corrected chi connectivity index (χ2v) is 6.56. The average molecular weight is 437 g/mol. The Morgan fingerprint density at radius 2 is 1.56 bits per heavy atom. The van der Waals surface area contributed by atoms with Crippen LogP contribution in [-0.4, -0.2) is 37.6 Å². The van der Waals surface area contributed by atoms with Gasteiger partial charge in [0.15, 0.2) is 6.61 Å². The van der Waals surface area contributed by atoms with Crippen LogP contribution < -0.4 is 9.64 Å². The Hall–Kier alpha value is -4.07. The highest BCUT2D eigenvalue weighted by Crippen LogP contribution is 2.16. The van der Waals surface area contributed by atoms with Gasteiger partial charge in [-0.15, -0.1) is 0 Å². The van der Waals surface area contributed by atoms with Gasteiger partial charge in [-0.05, 0) is 43.3 Å². The van der Waals surface area contributed by atoms with Crippen molar-refractivity contribution in [2.24, 2.45) is 0 Å². The zero-order chi connectivity index (χ0) is 22.8. The summed E-state index contributed by atoms with van der Waals surface area (Å²) in [6, 6.07) is 20.8. The van der Waals surface area contributed by atoms with E-state index >= 15 is 0 Å². The highest BCUT2D eigenvalue weighted by molar-refractivity contribution is 5.99. The number of rotatable bonds is 10. The number of hydrogen-bond donors (Lipinski definition) is 0. The van der Waals surface area contributed by atoms with Crippen LogP contribution in [0, 0.1) is 0 Å². The first-order valence-corrected chi connectivity index (χ1v) is 10.0. The minimum absolute atomic E-state index is 0.0545. The number of hydrogen-bond acceptors (Lipinski definition) is 7. The molecular formula is C24H23NO7. The molecule has 3 rings (SSSR count). The van der Waals surface area contributed by atoms with E-state index in [1.54, 1.807) is 55.5 Å². The minimum Gasteiger partial charge on any atom is -0.486 e. The second-order valence-electron chi connectivity index (χ2n) is 6.56. The van der Waals surface area contributed by atoms with Crippen LogP contribution in [0.5, 0.6) is 5.75 Å². The molecule has 8 nitrogen and oxygen atoms in total. The predicted molar refractivity (Wildman–Crippen MR) is 115 cm³/mol. The second kappa shape index (κ2) is 11.4. The number of carbonyl (C=O) groups excluding carboxylic acids is 3. The Morgan fingerprint density at radius 3 is 2.25 bits per heavy atom. The number of furan rings is 1. The zero-order valence-electron chi connectivity index (χ0n) is 17.6. The predicted octanol–water partition coefficient (Wildman–Crippen LogP) is 3.61. The van der Waals surface area contributed by atoms with Gasteiger partial charge in [0.1, 0.15) is 24.7 Å². The van der Waals surface area contributed by atoms with Crippen molar-refractivity contribution in [1.82, 2.24) is 0 Å². The van der Waals surface area contributed by atoms with Crippen molar-refractivity contribution in [3.63, 3.8) is 0 Å². The molecular weight excluding hydrogens is 414 g/mol. The summed E-state index contributed by atoms with van der Waals surface area (Å²) >= 11 is 0. The van der Waals surface area contributed by atoms with Crippen LogP contribution in [0.3, 0.4) is 0 Å². The lowest BCUT2D eigenvalue weighted by atomic mass is 10.3. The topological polar surface area (TPSA) is 95.3 Å². The molecule has 0 spiro atoms. The molecule has 1 heterocycles. The summed E-state index contributed by atoms with van der Waals surface area (Å²) in [5, 5.41) is 0. The van der Waals surface area contributed by atoms with E-state index < -0.39 is 24.5 Å². The van der Waals surface area contributed by atoms with E-state index in [0.717, 1.165) is 0 Å². The first kappa shape index (κ1) is 22.6. The van der Waals surface area contributed by atoms with E-state index in [9.17, 15) is 14.4 Å². The summed E-state index contributed by atoms with van der Waals surface area (Å²) in [5.74, 6) is -0.891. The van der Waals surface area contributed by atoms with Crippen molar-refractivity contribution in [2.75, 3.05) is 24.7 Å². The van der Waals surface area contributed by atoms with Crippen LogP contribution in [0.15, 0.2) is 77.2 Å².